The number of aliphatic hydroxyl groups excluding tert-OH is 1. The van der Waals surface area contributed by atoms with E-state index in [1.807, 2.05) is 0 Å². The maximum absolute atomic E-state index is 8.39. The second-order valence-electron chi connectivity index (χ2n) is 2.79. The maximum Gasteiger partial charge on any atom is 0.111 e. The first-order valence-corrected chi connectivity index (χ1v) is 4.43. The molecule has 0 saturated carbocycles. The number of hydrogen-bond acceptors (Lipinski definition) is 4. The first-order valence-electron chi connectivity index (χ1n) is 4.43. The molecule has 4 heteroatoms. The highest BCUT2D eigenvalue weighted by Crippen LogP contribution is 2.22. The number of epoxide rings is 1. The van der Waals surface area contributed by atoms with E-state index in [1.165, 1.54) is 0 Å². The predicted molar refractivity (Wildman–Crippen MR) is 47.6 cm³/mol. The van der Waals surface area contributed by atoms with Gasteiger partial charge in [-0.2, -0.15) is 0 Å². The standard InChI is InChI=1S/C9H16O4/c1-2-8-9(13-8)7-12-6-5-11-4-3-10/h2,8-10H,1,3-7H2/t8-,9-/m1/s1. The summed E-state index contributed by atoms with van der Waals surface area (Å²) in [5.74, 6) is 0. The van der Waals surface area contributed by atoms with E-state index in [4.69, 9.17) is 19.3 Å². The minimum atomic E-state index is 0.0598. The molecule has 0 aromatic heterocycles. The first-order chi connectivity index (χ1) is 6.38. The van der Waals surface area contributed by atoms with Crippen LogP contribution in [0.3, 0.4) is 0 Å². The molecule has 13 heavy (non-hydrogen) atoms. The van der Waals surface area contributed by atoms with Crippen molar-refractivity contribution in [3.05, 3.63) is 12.7 Å². The van der Waals surface area contributed by atoms with Crippen molar-refractivity contribution in [1.82, 2.24) is 0 Å². The van der Waals surface area contributed by atoms with E-state index >= 15 is 0 Å². The van der Waals surface area contributed by atoms with Crippen LogP contribution in [0, 0.1) is 0 Å². The summed E-state index contributed by atoms with van der Waals surface area (Å²) in [6, 6.07) is 0. The molecule has 1 aliphatic heterocycles. The highest BCUT2D eigenvalue weighted by Gasteiger charge is 2.35. The molecule has 1 aliphatic rings. The molecule has 0 aromatic rings. The van der Waals surface area contributed by atoms with Crippen molar-refractivity contribution in [3.63, 3.8) is 0 Å². The van der Waals surface area contributed by atoms with Gasteiger partial charge in [-0.1, -0.05) is 6.08 Å². The van der Waals surface area contributed by atoms with Crippen molar-refractivity contribution in [2.45, 2.75) is 12.2 Å². The number of aliphatic hydroxyl groups is 1. The van der Waals surface area contributed by atoms with Crippen LogP contribution >= 0.6 is 0 Å². The van der Waals surface area contributed by atoms with Gasteiger partial charge in [0, 0.05) is 0 Å². The molecule has 1 heterocycles. The van der Waals surface area contributed by atoms with Gasteiger partial charge in [0.15, 0.2) is 0 Å². The Kier molecular flexibility index (Phi) is 5.00. The molecule has 0 radical (unpaired) electrons. The summed E-state index contributed by atoms with van der Waals surface area (Å²) in [7, 11) is 0. The normalized spacial score (nSPS) is 25.9. The quantitative estimate of drug-likeness (QED) is 0.330. The second kappa shape index (κ2) is 6.10. The Hall–Kier alpha value is -0.420. The van der Waals surface area contributed by atoms with Crippen LogP contribution in [0.5, 0.6) is 0 Å². The minimum Gasteiger partial charge on any atom is -0.394 e. The Morgan fingerprint density at radius 3 is 2.69 bits per heavy atom. The van der Waals surface area contributed by atoms with Gasteiger partial charge in [0.25, 0.3) is 0 Å². The fourth-order valence-electron chi connectivity index (χ4n) is 0.982. The summed E-state index contributed by atoms with van der Waals surface area (Å²) in [5.41, 5.74) is 0. The van der Waals surface area contributed by atoms with Crippen LogP contribution in [0.1, 0.15) is 0 Å². The Labute approximate surface area is 78.1 Å². The Morgan fingerprint density at radius 1 is 1.31 bits per heavy atom. The summed E-state index contributed by atoms with van der Waals surface area (Å²) < 4.78 is 15.4. The van der Waals surface area contributed by atoms with E-state index in [0.29, 0.717) is 26.4 Å². The third-order valence-electron chi connectivity index (χ3n) is 1.74. The van der Waals surface area contributed by atoms with Gasteiger partial charge >= 0.3 is 0 Å². The summed E-state index contributed by atoms with van der Waals surface area (Å²) in [4.78, 5) is 0. The van der Waals surface area contributed by atoms with E-state index in [1.54, 1.807) is 6.08 Å². The molecule has 76 valence electrons. The molecule has 0 amide bonds. The van der Waals surface area contributed by atoms with Crippen molar-refractivity contribution >= 4 is 0 Å². The minimum absolute atomic E-state index is 0.0598. The summed E-state index contributed by atoms with van der Waals surface area (Å²) >= 11 is 0. The molecular formula is C9H16O4. The van der Waals surface area contributed by atoms with E-state index < -0.39 is 0 Å². The van der Waals surface area contributed by atoms with Gasteiger partial charge in [-0.3, -0.25) is 0 Å². The largest absolute Gasteiger partial charge is 0.394 e. The number of hydrogen-bond donors (Lipinski definition) is 1. The molecule has 1 N–H and O–H groups in total. The lowest BCUT2D eigenvalue weighted by Gasteiger charge is -2.02. The average Bonchev–Trinajstić information content (AvgIpc) is 2.90. The Bertz CT molecular complexity index is 149. The lowest BCUT2D eigenvalue weighted by Crippen LogP contribution is -2.10. The molecule has 0 aliphatic carbocycles. The van der Waals surface area contributed by atoms with Gasteiger partial charge in [-0.05, 0) is 0 Å². The van der Waals surface area contributed by atoms with Crippen LogP contribution in [-0.2, 0) is 14.2 Å². The number of ether oxygens (including phenoxy) is 3. The van der Waals surface area contributed by atoms with Crippen molar-refractivity contribution in [2.24, 2.45) is 0 Å². The molecule has 0 unspecified atom stereocenters. The van der Waals surface area contributed by atoms with Gasteiger partial charge in [-0.25, -0.2) is 0 Å². The highest BCUT2D eigenvalue weighted by molar-refractivity contribution is 4.97. The lowest BCUT2D eigenvalue weighted by atomic mass is 10.3. The molecule has 1 rings (SSSR count). The molecule has 0 bridgehead atoms. The van der Waals surface area contributed by atoms with Crippen LogP contribution in [-0.4, -0.2) is 50.3 Å². The van der Waals surface area contributed by atoms with E-state index in [2.05, 4.69) is 6.58 Å². The predicted octanol–water partition coefficient (Wildman–Crippen LogP) is -0.0347. The van der Waals surface area contributed by atoms with E-state index in [-0.39, 0.29) is 18.8 Å². The number of rotatable bonds is 8. The molecule has 1 saturated heterocycles. The molecule has 2 atom stereocenters. The summed E-state index contributed by atoms with van der Waals surface area (Å²) in [6.45, 7) is 5.70. The average molecular weight is 188 g/mol. The molecular weight excluding hydrogens is 172 g/mol. The Balaban J connectivity index is 1.77. The van der Waals surface area contributed by atoms with Crippen molar-refractivity contribution in [1.29, 1.82) is 0 Å². The van der Waals surface area contributed by atoms with Gasteiger partial charge in [0.2, 0.25) is 0 Å². The van der Waals surface area contributed by atoms with Crippen LogP contribution in [0.4, 0.5) is 0 Å². The topological polar surface area (TPSA) is 51.2 Å². The monoisotopic (exact) mass is 188 g/mol. The molecule has 1 fully saturated rings. The fourth-order valence-corrected chi connectivity index (χ4v) is 0.982. The third kappa shape index (κ3) is 4.38. The zero-order chi connectivity index (χ0) is 9.52. The van der Waals surface area contributed by atoms with E-state index in [0.717, 1.165) is 0 Å². The molecule has 4 nitrogen and oxygen atoms in total. The lowest BCUT2D eigenvalue weighted by molar-refractivity contribution is 0.0288. The zero-order valence-corrected chi connectivity index (χ0v) is 7.65. The second-order valence-corrected chi connectivity index (χ2v) is 2.79. The van der Waals surface area contributed by atoms with Gasteiger partial charge in [0.05, 0.1) is 33.0 Å². The first kappa shape index (κ1) is 10.7. The van der Waals surface area contributed by atoms with Crippen LogP contribution in [0.25, 0.3) is 0 Å². The molecule has 0 aromatic carbocycles. The molecule has 0 spiro atoms. The SMILES string of the molecule is C=C[C@H]1O[C@@H]1COCCOCCO. The summed E-state index contributed by atoms with van der Waals surface area (Å²) in [6.07, 6.45) is 2.14. The van der Waals surface area contributed by atoms with Gasteiger partial charge in [0.1, 0.15) is 12.2 Å². The maximum atomic E-state index is 8.39. The van der Waals surface area contributed by atoms with Crippen molar-refractivity contribution in [3.8, 4) is 0 Å². The zero-order valence-electron chi connectivity index (χ0n) is 7.65. The van der Waals surface area contributed by atoms with Crippen molar-refractivity contribution < 1.29 is 19.3 Å². The smallest absolute Gasteiger partial charge is 0.111 e. The van der Waals surface area contributed by atoms with Crippen LogP contribution < -0.4 is 0 Å². The third-order valence-corrected chi connectivity index (χ3v) is 1.74. The fraction of sp³-hybridized carbons (Fsp3) is 0.778. The van der Waals surface area contributed by atoms with Gasteiger partial charge in [-0.15, -0.1) is 6.58 Å². The highest BCUT2D eigenvalue weighted by atomic mass is 16.6. The van der Waals surface area contributed by atoms with Gasteiger partial charge < -0.3 is 19.3 Å². The van der Waals surface area contributed by atoms with Crippen LogP contribution in [0.2, 0.25) is 0 Å². The van der Waals surface area contributed by atoms with Crippen LogP contribution in [0.15, 0.2) is 12.7 Å². The summed E-state index contributed by atoms with van der Waals surface area (Å²) in [5, 5.41) is 8.39. The Morgan fingerprint density at radius 2 is 2.08 bits per heavy atom. The van der Waals surface area contributed by atoms with E-state index in [9.17, 15) is 0 Å². The van der Waals surface area contributed by atoms with Crippen molar-refractivity contribution in [2.75, 3.05) is 33.0 Å².